The molecule has 0 amide bonds. The van der Waals surface area contributed by atoms with Crippen molar-refractivity contribution >= 4 is 5.78 Å². The number of aromatic nitrogens is 3. The number of carbonyl (C=O) groups is 1. The summed E-state index contributed by atoms with van der Waals surface area (Å²) < 4.78 is 2.05. The van der Waals surface area contributed by atoms with E-state index in [0.29, 0.717) is 6.54 Å². The van der Waals surface area contributed by atoms with E-state index in [1.165, 1.54) is 0 Å². The molecule has 5 nitrogen and oxygen atoms in total. The minimum atomic E-state index is -0.0807. The van der Waals surface area contributed by atoms with Gasteiger partial charge in [-0.15, -0.1) is 10.2 Å². The molecule has 1 aromatic carbocycles. The highest BCUT2D eigenvalue weighted by atomic mass is 16.1. The number of hydrogen-bond acceptors (Lipinski definition) is 4. The van der Waals surface area contributed by atoms with Gasteiger partial charge in [0.1, 0.15) is 12.2 Å². The molecule has 1 aromatic heterocycles. The second kappa shape index (κ2) is 5.54. The summed E-state index contributed by atoms with van der Waals surface area (Å²) in [6.07, 6.45) is 2.56. The summed E-state index contributed by atoms with van der Waals surface area (Å²) >= 11 is 0. The van der Waals surface area contributed by atoms with Gasteiger partial charge in [0.05, 0.1) is 12.6 Å². The Bertz CT molecular complexity index is 593. The third-order valence-electron chi connectivity index (χ3n) is 3.86. The van der Waals surface area contributed by atoms with E-state index in [4.69, 9.17) is 0 Å². The molecule has 20 heavy (non-hydrogen) atoms. The van der Waals surface area contributed by atoms with E-state index in [0.717, 1.165) is 30.9 Å². The summed E-state index contributed by atoms with van der Waals surface area (Å²) in [4.78, 5) is 14.8. The molecule has 1 aliphatic heterocycles. The number of hydrogen-bond donors (Lipinski definition) is 0. The lowest BCUT2D eigenvalue weighted by atomic mass is 10.00. The fourth-order valence-corrected chi connectivity index (χ4v) is 2.76. The number of carbonyl (C=O) groups excluding carboxylic acids is 1. The van der Waals surface area contributed by atoms with Crippen molar-refractivity contribution in [2.45, 2.75) is 32.5 Å². The Balaban J connectivity index is 1.79. The number of ketones is 1. The molecule has 1 unspecified atom stereocenters. The number of fused-ring (bicyclic) bond motifs is 1. The summed E-state index contributed by atoms with van der Waals surface area (Å²) in [6, 6.07) is 9.44. The Kier molecular flexibility index (Phi) is 3.60. The first kappa shape index (κ1) is 13.0. The average molecular weight is 270 g/mol. The van der Waals surface area contributed by atoms with E-state index < -0.39 is 0 Å². The van der Waals surface area contributed by atoms with Crippen LogP contribution in [0.3, 0.4) is 0 Å². The van der Waals surface area contributed by atoms with Crippen LogP contribution in [0.15, 0.2) is 36.7 Å². The number of nitrogens with zero attached hydrogens (tertiary/aromatic N) is 4. The van der Waals surface area contributed by atoms with Crippen LogP contribution in [0.2, 0.25) is 0 Å². The number of rotatable bonds is 4. The Morgan fingerprint density at radius 3 is 2.85 bits per heavy atom. The van der Waals surface area contributed by atoms with Crippen LogP contribution in [0.1, 0.15) is 29.5 Å². The second-order valence-corrected chi connectivity index (χ2v) is 5.07. The van der Waals surface area contributed by atoms with Crippen molar-refractivity contribution in [3.8, 4) is 0 Å². The van der Waals surface area contributed by atoms with Gasteiger partial charge in [0.15, 0.2) is 5.78 Å². The minimum absolute atomic E-state index is 0.0807. The van der Waals surface area contributed by atoms with Gasteiger partial charge >= 0.3 is 0 Å². The highest BCUT2D eigenvalue weighted by Gasteiger charge is 2.28. The molecule has 0 spiro atoms. The molecule has 0 fully saturated rings. The fourth-order valence-electron chi connectivity index (χ4n) is 2.76. The van der Waals surface area contributed by atoms with E-state index in [9.17, 15) is 4.79 Å². The van der Waals surface area contributed by atoms with Crippen molar-refractivity contribution in [1.29, 1.82) is 0 Å². The van der Waals surface area contributed by atoms with Crippen molar-refractivity contribution in [2.75, 3.05) is 6.54 Å². The Morgan fingerprint density at radius 2 is 2.10 bits per heavy atom. The van der Waals surface area contributed by atoms with Crippen LogP contribution >= 0.6 is 0 Å². The lowest BCUT2D eigenvalue weighted by Gasteiger charge is -2.33. The molecule has 5 heteroatoms. The van der Waals surface area contributed by atoms with Gasteiger partial charge in [-0.3, -0.25) is 9.69 Å². The smallest absolute Gasteiger partial charge is 0.179 e. The van der Waals surface area contributed by atoms with Crippen molar-refractivity contribution < 1.29 is 4.79 Å². The van der Waals surface area contributed by atoms with E-state index >= 15 is 0 Å². The first-order valence-electron chi connectivity index (χ1n) is 6.99. The van der Waals surface area contributed by atoms with Gasteiger partial charge in [-0.25, -0.2) is 0 Å². The van der Waals surface area contributed by atoms with Crippen LogP contribution in [-0.2, 0) is 13.1 Å². The Hall–Kier alpha value is -2.01. The van der Waals surface area contributed by atoms with Crippen molar-refractivity contribution in [1.82, 2.24) is 19.7 Å². The molecule has 0 N–H and O–H groups in total. The largest absolute Gasteiger partial charge is 0.315 e. The topological polar surface area (TPSA) is 51.0 Å². The maximum absolute atomic E-state index is 12.6. The fraction of sp³-hybridized carbons (Fsp3) is 0.400. The third-order valence-corrected chi connectivity index (χ3v) is 3.86. The quantitative estimate of drug-likeness (QED) is 0.794. The number of benzene rings is 1. The van der Waals surface area contributed by atoms with Gasteiger partial charge in [-0.2, -0.15) is 0 Å². The molecule has 104 valence electrons. The molecule has 0 bridgehead atoms. The zero-order valence-corrected chi connectivity index (χ0v) is 11.6. The van der Waals surface area contributed by atoms with E-state index in [2.05, 4.69) is 26.6 Å². The van der Waals surface area contributed by atoms with Crippen LogP contribution in [0.25, 0.3) is 0 Å². The van der Waals surface area contributed by atoms with Gasteiger partial charge < -0.3 is 4.57 Å². The second-order valence-electron chi connectivity index (χ2n) is 5.07. The first-order valence-corrected chi connectivity index (χ1v) is 6.99. The molecule has 1 aliphatic rings. The van der Waals surface area contributed by atoms with Crippen molar-refractivity contribution in [3.05, 3.63) is 48.0 Å². The Morgan fingerprint density at radius 1 is 1.30 bits per heavy atom. The summed E-state index contributed by atoms with van der Waals surface area (Å²) in [5, 5.41) is 8.04. The molecular formula is C15H18N4O. The number of Topliss-reactive ketones (excluding diaryl/α,β-unsaturated/α-hetero) is 1. The monoisotopic (exact) mass is 270 g/mol. The first-order chi connectivity index (χ1) is 9.79. The van der Waals surface area contributed by atoms with Crippen LogP contribution < -0.4 is 0 Å². The van der Waals surface area contributed by atoms with Gasteiger partial charge in [0.2, 0.25) is 0 Å². The SMILES string of the molecule is CCC(C(=O)c1ccccc1)N1CCn2cnnc2C1. The lowest BCUT2D eigenvalue weighted by Crippen LogP contribution is -2.45. The summed E-state index contributed by atoms with van der Waals surface area (Å²) in [7, 11) is 0. The maximum Gasteiger partial charge on any atom is 0.179 e. The maximum atomic E-state index is 12.6. The van der Waals surface area contributed by atoms with Crippen LogP contribution in [0.4, 0.5) is 0 Å². The van der Waals surface area contributed by atoms with E-state index in [-0.39, 0.29) is 11.8 Å². The summed E-state index contributed by atoms with van der Waals surface area (Å²) in [5.74, 6) is 1.14. The van der Waals surface area contributed by atoms with Crippen LogP contribution in [0.5, 0.6) is 0 Å². The third kappa shape index (κ3) is 2.36. The highest BCUT2D eigenvalue weighted by Crippen LogP contribution is 2.18. The molecule has 2 heterocycles. The summed E-state index contributed by atoms with van der Waals surface area (Å²) in [6.45, 7) is 4.46. The van der Waals surface area contributed by atoms with Crippen LogP contribution in [-0.4, -0.2) is 38.0 Å². The average Bonchev–Trinajstić information content (AvgIpc) is 2.96. The molecule has 0 aliphatic carbocycles. The highest BCUT2D eigenvalue weighted by molar-refractivity contribution is 6.00. The van der Waals surface area contributed by atoms with Gasteiger partial charge in [-0.1, -0.05) is 37.3 Å². The minimum Gasteiger partial charge on any atom is -0.315 e. The van der Waals surface area contributed by atoms with Gasteiger partial charge in [0, 0.05) is 18.7 Å². The predicted octanol–water partition coefficient (Wildman–Crippen LogP) is 1.76. The normalized spacial score (nSPS) is 16.6. The van der Waals surface area contributed by atoms with Gasteiger partial charge in [0.25, 0.3) is 0 Å². The molecule has 2 aromatic rings. The Labute approximate surface area is 118 Å². The predicted molar refractivity (Wildman–Crippen MR) is 75.3 cm³/mol. The van der Waals surface area contributed by atoms with Gasteiger partial charge in [-0.05, 0) is 6.42 Å². The summed E-state index contributed by atoms with van der Waals surface area (Å²) in [5.41, 5.74) is 0.784. The van der Waals surface area contributed by atoms with E-state index in [1.54, 1.807) is 6.33 Å². The van der Waals surface area contributed by atoms with Crippen molar-refractivity contribution in [2.24, 2.45) is 0 Å². The molecule has 1 atom stereocenters. The standard InChI is InChI=1S/C15H18N4O/c1-2-13(15(20)12-6-4-3-5-7-12)18-8-9-19-11-16-17-14(19)10-18/h3-7,11,13H,2,8-10H2,1H3. The molecule has 3 rings (SSSR count). The van der Waals surface area contributed by atoms with E-state index in [1.807, 2.05) is 30.3 Å². The van der Waals surface area contributed by atoms with Crippen molar-refractivity contribution in [3.63, 3.8) is 0 Å². The molecule has 0 saturated heterocycles. The zero-order valence-electron chi connectivity index (χ0n) is 11.6. The molecule has 0 radical (unpaired) electrons. The lowest BCUT2D eigenvalue weighted by molar-refractivity contribution is 0.0758. The van der Waals surface area contributed by atoms with Crippen LogP contribution in [0, 0.1) is 0 Å². The molecule has 0 saturated carbocycles. The molecular weight excluding hydrogens is 252 g/mol. The zero-order chi connectivity index (χ0) is 13.9.